The van der Waals surface area contributed by atoms with E-state index in [1.807, 2.05) is 0 Å². The maximum absolute atomic E-state index is 13.0. The van der Waals surface area contributed by atoms with E-state index in [1.165, 1.54) is 193 Å². The molecule has 0 aliphatic carbocycles. The highest BCUT2D eigenvalue weighted by atomic mass is 16.6. The summed E-state index contributed by atoms with van der Waals surface area (Å²) in [6.07, 6.45) is 94.2. The molecule has 0 rings (SSSR count). The molecule has 0 aromatic heterocycles. The number of carbonyl (C=O) groups excluding carboxylic acids is 3. The zero-order valence-corrected chi connectivity index (χ0v) is 54.2. The maximum Gasteiger partial charge on any atom is 0.306 e. The Morgan fingerprint density at radius 2 is 0.476 bits per heavy atom. The maximum atomic E-state index is 13.0. The Balaban J connectivity index is 4.43. The average Bonchev–Trinajstić information content (AvgIpc) is 3.47. The van der Waals surface area contributed by atoms with Gasteiger partial charge in [-0.05, 0) is 103 Å². The van der Waals surface area contributed by atoms with Gasteiger partial charge >= 0.3 is 17.9 Å². The lowest BCUT2D eigenvalue weighted by Crippen LogP contribution is -2.30. The number of rotatable bonds is 64. The second-order valence-electron chi connectivity index (χ2n) is 23.4. The normalized spacial score (nSPS) is 12.7. The molecule has 0 bridgehead atoms. The van der Waals surface area contributed by atoms with Crippen molar-refractivity contribution in [2.75, 3.05) is 13.2 Å². The van der Waals surface area contributed by atoms with Crippen molar-refractivity contribution in [3.8, 4) is 0 Å². The van der Waals surface area contributed by atoms with Gasteiger partial charge in [-0.2, -0.15) is 0 Å². The molecule has 0 aliphatic heterocycles. The van der Waals surface area contributed by atoms with Crippen LogP contribution < -0.4 is 0 Å². The van der Waals surface area contributed by atoms with Crippen LogP contribution in [0, 0.1) is 0 Å². The Morgan fingerprint density at radius 1 is 0.256 bits per heavy atom. The van der Waals surface area contributed by atoms with Gasteiger partial charge in [0.05, 0.1) is 0 Å². The summed E-state index contributed by atoms with van der Waals surface area (Å²) >= 11 is 0. The molecule has 82 heavy (non-hydrogen) atoms. The van der Waals surface area contributed by atoms with Gasteiger partial charge in [0.25, 0.3) is 0 Å². The highest BCUT2D eigenvalue weighted by molar-refractivity contribution is 5.71. The van der Waals surface area contributed by atoms with E-state index >= 15 is 0 Å². The van der Waals surface area contributed by atoms with Crippen LogP contribution >= 0.6 is 0 Å². The standard InChI is InChI=1S/C76H132O6/c1-4-7-10-13-16-19-22-25-28-31-34-37-38-40-42-45-48-51-54-57-60-63-66-69-75(78)81-72-73(71-80-74(77)68-65-62-59-56-53-50-47-44-41-36-33-30-27-24-21-18-15-12-9-6-3)82-76(79)70-67-64-61-58-55-52-49-46-43-39-35-32-29-26-23-20-17-14-11-8-5-2/h7,10,16,19,23,25-26,28,32,34-35,37,40,42,48,51,73H,4-6,8-9,11-15,17-18,20-22,24,27,29-31,33,36,38-39,41,43-47,49-50,52-72H2,1-3H3/b10-7-,19-16-,26-23-,28-25-,35-32-,37-34-,42-40-,51-48-. The fourth-order valence-corrected chi connectivity index (χ4v) is 10.1. The molecule has 1 atom stereocenters. The predicted octanol–water partition coefficient (Wildman–Crippen LogP) is 24.4. The largest absolute Gasteiger partial charge is 0.462 e. The lowest BCUT2D eigenvalue weighted by atomic mass is 10.0. The summed E-state index contributed by atoms with van der Waals surface area (Å²) in [5.41, 5.74) is 0. The lowest BCUT2D eigenvalue weighted by Gasteiger charge is -2.18. The van der Waals surface area contributed by atoms with Gasteiger partial charge in [0, 0.05) is 19.3 Å². The number of carbonyl (C=O) groups is 3. The van der Waals surface area contributed by atoms with Gasteiger partial charge in [0.15, 0.2) is 6.10 Å². The van der Waals surface area contributed by atoms with Crippen molar-refractivity contribution in [3.63, 3.8) is 0 Å². The minimum atomic E-state index is -0.793. The number of esters is 3. The average molecular weight is 1140 g/mol. The highest BCUT2D eigenvalue weighted by Gasteiger charge is 2.19. The van der Waals surface area contributed by atoms with Gasteiger partial charge in [-0.25, -0.2) is 0 Å². The molecule has 1 unspecified atom stereocenters. The fourth-order valence-electron chi connectivity index (χ4n) is 10.1. The van der Waals surface area contributed by atoms with Gasteiger partial charge in [0.2, 0.25) is 0 Å². The second kappa shape index (κ2) is 69.8. The van der Waals surface area contributed by atoms with Gasteiger partial charge in [-0.3, -0.25) is 14.4 Å². The summed E-state index contributed by atoms with van der Waals surface area (Å²) in [6, 6.07) is 0. The number of unbranched alkanes of at least 4 members (excludes halogenated alkanes) is 37. The summed E-state index contributed by atoms with van der Waals surface area (Å²) in [5.74, 6) is -0.897. The SMILES string of the molecule is CC/C=C\C/C=C\C/C=C\C/C=C\C/C=C\C/C=C\CCCCCCC(=O)OCC(COC(=O)CCCCCCCCCCCCCCCCCCCCCC)OC(=O)CCCCCCCCCCC/C=C\C/C=C\CCCCCCC. The van der Waals surface area contributed by atoms with Crippen LogP contribution in [0.25, 0.3) is 0 Å². The van der Waals surface area contributed by atoms with Crippen LogP contribution in [0.5, 0.6) is 0 Å². The first kappa shape index (κ1) is 78.3. The summed E-state index contributed by atoms with van der Waals surface area (Å²) in [7, 11) is 0. The van der Waals surface area contributed by atoms with Crippen LogP contribution in [0.2, 0.25) is 0 Å². The first-order valence-electron chi connectivity index (χ1n) is 35.2. The van der Waals surface area contributed by atoms with Crippen LogP contribution in [-0.4, -0.2) is 37.2 Å². The number of ether oxygens (including phenoxy) is 3. The van der Waals surface area contributed by atoms with Crippen molar-refractivity contribution in [1.82, 2.24) is 0 Å². The van der Waals surface area contributed by atoms with E-state index in [9.17, 15) is 14.4 Å². The molecule has 6 nitrogen and oxygen atoms in total. The van der Waals surface area contributed by atoms with Crippen molar-refractivity contribution in [3.05, 3.63) is 97.2 Å². The molecule has 0 radical (unpaired) electrons. The molecule has 0 aromatic rings. The minimum absolute atomic E-state index is 0.0847. The monoisotopic (exact) mass is 1140 g/mol. The Bertz CT molecular complexity index is 1590. The third kappa shape index (κ3) is 67.1. The van der Waals surface area contributed by atoms with Crippen LogP contribution in [-0.2, 0) is 28.6 Å². The molecule has 0 aliphatic rings. The van der Waals surface area contributed by atoms with E-state index in [1.54, 1.807) is 0 Å². The molecular weight excluding hydrogens is 1010 g/mol. The molecule has 0 fully saturated rings. The van der Waals surface area contributed by atoms with E-state index in [4.69, 9.17) is 14.2 Å². The van der Waals surface area contributed by atoms with Gasteiger partial charge < -0.3 is 14.2 Å². The van der Waals surface area contributed by atoms with Crippen molar-refractivity contribution in [2.45, 2.75) is 354 Å². The Morgan fingerprint density at radius 3 is 0.744 bits per heavy atom. The first-order chi connectivity index (χ1) is 40.5. The lowest BCUT2D eigenvalue weighted by molar-refractivity contribution is -0.167. The highest BCUT2D eigenvalue weighted by Crippen LogP contribution is 2.17. The van der Waals surface area contributed by atoms with Gasteiger partial charge in [-0.1, -0.05) is 323 Å². The third-order valence-electron chi connectivity index (χ3n) is 15.3. The van der Waals surface area contributed by atoms with Crippen LogP contribution in [0.15, 0.2) is 97.2 Å². The number of hydrogen-bond donors (Lipinski definition) is 0. The molecule has 472 valence electrons. The summed E-state index contributed by atoms with van der Waals surface area (Å²) in [6.45, 7) is 6.54. The zero-order valence-electron chi connectivity index (χ0n) is 54.2. The van der Waals surface area contributed by atoms with Crippen molar-refractivity contribution < 1.29 is 28.6 Å². The van der Waals surface area contributed by atoms with Crippen LogP contribution in [0.3, 0.4) is 0 Å². The van der Waals surface area contributed by atoms with Crippen molar-refractivity contribution in [2.24, 2.45) is 0 Å². The topological polar surface area (TPSA) is 78.9 Å². The Labute approximate surface area is 508 Å². The van der Waals surface area contributed by atoms with E-state index in [2.05, 4.69) is 118 Å². The van der Waals surface area contributed by atoms with Gasteiger partial charge in [-0.15, -0.1) is 0 Å². The molecule has 0 heterocycles. The third-order valence-corrected chi connectivity index (χ3v) is 15.3. The van der Waals surface area contributed by atoms with Crippen LogP contribution in [0.4, 0.5) is 0 Å². The minimum Gasteiger partial charge on any atom is -0.462 e. The molecule has 0 N–H and O–H groups in total. The Kier molecular flexibility index (Phi) is 66.7. The smallest absolute Gasteiger partial charge is 0.306 e. The fraction of sp³-hybridized carbons (Fsp3) is 0.750. The summed E-state index contributed by atoms with van der Waals surface area (Å²) < 4.78 is 17.0. The predicted molar refractivity (Wildman–Crippen MR) is 357 cm³/mol. The molecule has 0 amide bonds. The zero-order chi connectivity index (χ0) is 59.2. The van der Waals surface area contributed by atoms with Crippen LogP contribution in [0.1, 0.15) is 348 Å². The second-order valence-corrected chi connectivity index (χ2v) is 23.4. The van der Waals surface area contributed by atoms with Crippen molar-refractivity contribution >= 4 is 17.9 Å². The summed E-state index contributed by atoms with van der Waals surface area (Å²) in [4.78, 5) is 38.5. The van der Waals surface area contributed by atoms with E-state index < -0.39 is 6.10 Å². The summed E-state index contributed by atoms with van der Waals surface area (Å²) in [5, 5.41) is 0. The van der Waals surface area contributed by atoms with E-state index in [-0.39, 0.29) is 31.1 Å². The molecule has 0 saturated carbocycles. The number of hydrogen-bond acceptors (Lipinski definition) is 6. The quantitative estimate of drug-likeness (QED) is 0.0261. The van der Waals surface area contributed by atoms with E-state index in [0.717, 1.165) is 116 Å². The molecule has 0 aromatic carbocycles. The van der Waals surface area contributed by atoms with Gasteiger partial charge in [0.1, 0.15) is 13.2 Å². The molecule has 0 spiro atoms. The molecule has 0 saturated heterocycles. The molecule has 6 heteroatoms. The van der Waals surface area contributed by atoms with E-state index in [0.29, 0.717) is 19.3 Å². The Hall–Kier alpha value is -3.67. The molecular formula is C76H132O6. The number of allylic oxidation sites excluding steroid dienone is 16. The first-order valence-corrected chi connectivity index (χ1v) is 35.2. The van der Waals surface area contributed by atoms with Crippen molar-refractivity contribution in [1.29, 1.82) is 0 Å².